The predicted octanol–water partition coefficient (Wildman–Crippen LogP) is 3.62. The van der Waals surface area contributed by atoms with Crippen molar-refractivity contribution in [1.82, 2.24) is 9.80 Å². The average molecular weight is 353 g/mol. The van der Waals surface area contributed by atoms with Gasteiger partial charge in [0.2, 0.25) is 0 Å². The van der Waals surface area contributed by atoms with Gasteiger partial charge >= 0.3 is 0 Å². The summed E-state index contributed by atoms with van der Waals surface area (Å²) in [6, 6.07) is 0. The van der Waals surface area contributed by atoms with E-state index in [0.29, 0.717) is 0 Å². The van der Waals surface area contributed by atoms with E-state index in [1.54, 1.807) is 6.92 Å². The van der Waals surface area contributed by atoms with Gasteiger partial charge in [-0.25, -0.2) is 0 Å². The molecule has 0 saturated heterocycles. The topological polar surface area (TPSA) is 23.6 Å². The fourth-order valence-corrected chi connectivity index (χ4v) is 5.20. The van der Waals surface area contributed by atoms with Crippen molar-refractivity contribution in [2.75, 3.05) is 26.2 Å². The van der Waals surface area contributed by atoms with Crippen LogP contribution in [0.1, 0.15) is 34.6 Å². The first-order valence-electron chi connectivity index (χ1n) is 6.82. The number of hydrogen-bond acceptors (Lipinski definition) is 5. The Balaban J connectivity index is 4.70. The van der Waals surface area contributed by atoms with Gasteiger partial charge in [-0.2, -0.15) is 0 Å². The molecular formula is C13H24N2OS4. The molecule has 0 aliphatic rings. The lowest BCUT2D eigenvalue weighted by Gasteiger charge is -2.26. The summed E-state index contributed by atoms with van der Waals surface area (Å²) in [6.45, 7) is 13.3. The molecule has 0 heterocycles. The number of ketones is 1. The standard InChI is InChI=1S/C13H24N2OS4/c1-6-14(7-2)12(17)19-11(10(5)16)20-13(18)15(8-3)9-4/h11H,6-9H2,1-5H3. The molecule has 0 radical (unpaired) electrons. The van der Waals surface area contributed by atoms with E-state index in [-0.39, 0.29) is 10.4 Å². The molecule has 0 aromatic rings. The zero-order valence-electron chi connectivity index (χ0n) is 12.8. The van der Waals surface area contributed by atoms with Gasteiger partial charge in [-0.05, 0) is 34.6 Å². The third-order valence-corrected chi connectivity index (χ3v) is 6.47. The number of thiocarbonyl (C=S) groups is 2. The lowest BCUT2D eigenvalue weighted by molar-refractivity contribution is -0.115. The lowest BCUT2D eigenvalue weighted by Crippen LogP contribution is -2.31. The van der Waals surface area contributed by atoms with Crippen LogP contribution in [0.3, 0.4) is 0 Å². The van der Waals surface area contributed by atoms with Crippen LogP contribution in [-0.2, 0) is 4.79 Å². The SMILES string of the molecule is CCN(CC)C(=S)SC(SC(=S)N(CC)CC)C(C)=O. The maximum absolute atomic E-state index is 11.8. The van der Waals surface area contributed by atoms with Crippen LogP contribution in [0, 0.1) is 0 Å². The van der Waals surface area contributed by atoms with E-state index >= 15 is 0 Å². The summed E-state index contributed by atoms with van der Waals surface area (Å²) in [5, 5.41) is 0. The van der Waals surface area contributed by atoms with Crippen molar-refractivity contribution in [2.45, 2.75) is 39.2 Å². The Bertz CT molecular complexity index is 315. The molecule has 3 nitrogen and oxygen atoms in total. The van der Waals surface area contributed by atoms with E-state index in [1.165, 1.54) is 23.5 Å². The van der Waals surface area contributed by atoms with Gasteiger partial charge in [-0.1, -0.05) is 48.0 Å². The fourth-order valence-electron chi connectivity index (χ4n) is 1.49. The smallest absolute Gasteiger partial charge is 0.153 e. The van der Waals surface area contributed by atoms with E-state index in [4.69, 9.17) is 24.4 Å². The normalized spacial score (nSPS) is 10.5. The molecule has 0 aromatic carbocycles. The Morgan fingerprint density at radius 2 is 1.20 bits per heavy atom. The van der Waals surface area contributed by atoms with Crippen molar-refractivity contribution < 1.29 is 4.79 Å². The number of rotatable bonds is 7. The summed E-state index contributed by atoms with van der Waals surface area (Å²) in [5.74, 6) is 0.101. The van der Waals surface area contributed by atoms with Crippen molar-refractivity contribution >= 4 is 62.4 Å². The van der Waals surface area contributed by atoms with Crippen LogP contribution in [0.4, 0.5) is 0 Å². The van der Waals surface area contributed by atoms with Crippen molar-refractivity contribution in [1.29, 1.82) is 0 Å². The largest absolute Gasteiger partial charge is 0.358 e. The Hall–Kier alpha value is 0.150. The Morgan fingerprint density at radius 3 is 1.40 bits per heavy atom. The Kier molecular flexibility index (Phi) is 10.9. The maximum atomic E-state index is 11.8. The average Bonchev–Trinajstić information content (AvgIpc) is 2.40. The van der Waals surface area contributed by atoms with Crippen LogP contribution < -0.4 is 0 Å². The molecule has 0 unspecified atom stereocenters. The second kappa shape index (κ2) is 10.8. The molecule has 0 amide bonds. The van der Waals surface area contributed by atoms with E-state index in [2.05, 4.69) is 37.5 Å². The van der Waals surface area contributed by atoms with E-state index in [1.807, 2.05) is 0 Å². The highest BCUT2D eigenvalue weighted by atomic mass is 32.2. The van der Waals surface area contributed by atoms with Gasteiger partial charge in [0.05, 0.1) is 0 Å². The van der Waals surface area contributed by atoms with Crippen molar-refractivity contribution in [2.24, 2.45) is 0 Å². The van der Waals surface area contributed by atoms with Gasteiger partial charge in [-0.15, -0.1) is 0 Å². The molecule has 0 aromatic heterocycles. The number of hydrogen-bond donors (Lipinski definition) is 0. The second-order valence-electron chi connectivity index (χ2n) is 4.05. The molecule has 0 atom stereocenters. The molecule has 0 bridgehead atoms. The van der Waals surface area contributed by atoms with Crippen LogP contribution in [0.2, 0.25) is 0 Å². The molecule has 0 fully saturated rings. The fraction of sp³-hybridized carbons (Fsp3) is 0.769. The zero-order valence-corrected chi connectivity index (χ0v) is 16.1. The summed E-state index contributed by atoms with van der Waals surface area (Å²) in [6.07, 6.45) is 0. The lowest BCUT2D eigenvalue weighted by atomic mass is 10.5. The third-order valence-electron chi connectivity index (χ3n) is 2.79. The molecule has 20 heavy (non-hydrogen) atoms. The summed E-state index contributed by atoms with van der Waals surface area (Å²) < 4.78 is 1.28. The number of carbonyl (C=O) groups excluding carboxylic acids is 1. The van der Waals surface area contributed by atoms with Gasteiger partial charge in [0.25, 0.3) is 0 Å². The molecule has 116 valence electrons. The molecule has 7 heteroatoms. The number of nitrogens with zero attached hydrogens (tertiary/aromatic N) is 2. The monoisotopic (exact) mass is 352 g/mol. The first-order valence-corrected chi connectivity index (χ1v) is 9.40. The number of thioether (sulfide) groups is 2. The minimum absolute atomic E-state index is 0.101. The van der Waals surface area contributed by atoms with Crippen molar-refractivity contribution in [3.63, 3.8) is 0 Å². The Morgan fingerprint density at radius 1 is 0.900 bits per heavy atom. The van der Waals surface area contributed by atoms with E-state index < -0.39 is 0 Å². The highest BCUT2D eigenvalue weighted by Crippen LogP contribution is 2.29. The molecule has 0 spiro atoms. The maximum Gasteiger partial charge on any atom is 0.153 e. The third kappa shape index (κ3) is 6.74. The van der Waals surface area contributed by atoms with Gasteiger partial charge in [0, 0.05) is 26.2 Å². The van der Waals surface area contributed by atoms with E-state index in [9.17, 15) is 4.79 Å². The highest BCUT2D eigenvalue weighted by Gasteiger charge is 2.23. The number of carbonyl (C=O) groups is 1. The summed E-state index contributed by atoms with van der Waals surface area (Å²) in [7, 11) is 0. The molecule has 0 aliphatic carbocycles. The van der Waals surface area contributed by atoms with Crippen molar-refractivity contribution in [3.05, 3.63) is 0 Å². The number of Topliss-reactive ketones (excluding diaryl/α,β-unsaturated/α-hetero) is 1. The summed E-state index contributed by atoms with van der Waals surface area (Å²) in [5.41, 5.74) is 0. The predicted molar refractivity (Wildman–Crippen MR) is 101 cm³/mol. The van der Waals surface area contributed by atoms with Gasteiger partial charge in [-0.3, -0.25) is 4.79 Å². The van der Waals surface area contributed by atoms with Crippen molar-refractivity contribution in [3.8, 4) is 0 Å². The molecular weight excluding hydrogens is 328 g/mol. The first-order chi connectivity index (χ1) is 9.40. The van der Waals surface area contributed by atoms with E-state index in [0.717, 1.165) is 34.8 Å². The quantitative estimate of drug-likeness (QED) is 0.509. The Labute approximate surface area is 142 Å². The van der Waals surface area contributed by atoms with Crippen LogP contribution in [0.15, 0.2) is 0 Å². The molecule has 0 saturated carbocycles. The first kappa shape index (κ1) is 20.1. The van der Waals surface area contributed by atoms with Crippen LogP contribution >= 0.6 is 48.0 Å². The zero-order chi connectivity index (χ0) is 15.7. The highest BCUT2D eigenvalue weighted by molar-refractivity contribution is 8.37. The minimum atomic E-state index is -0.254. The molecule has 0 rings (SSSR count). The van der Waals surface area contributed by atoms with Crippen LogP contribution in [0.25, 0.3) is 0 Å². The van der Waals surface area contributed by atoms with Crippen LogP contribution in [-0.4, -0.2) is 55.0 Å². The molecule has 0 aliphatic heterocycles. The van der Waals surface area contributed by atoms with Gasteiger partial charge < -0.3 is 9.80 Å². The summed E-state index contributed by atoms with van der Waals surface area (Å²) in [4.78, 5) is 16.0. The van der Waals surface area contributed by atoms with Gasteiger partial charge in [0.1, 0.15) is 13.2 Å². The minimum Gasteiger partial charge on any atom is -0.358 e. The summed E-state index contributed by atoms with van der Waals surface area (Å²) >= 11 is 13.7. The van der Waals surface area contributed by atoms with Gasteiger partial charge in [0.15, 0.2) is 5.78 Å². The van der Waals surface area contributed by atoms with Crippen LogP contribution in [0.5, 0.6) is 0 Å². The molecule has 0 N–H and O–H groups in total. The second-order valence-corrected chi connectivity index (χ2v) is 7.83.